The van der Waals surface area contributed by atoms with Gasteiger partial charge >= 0.3 is 0 Å². The van der Waals surface area contributed by atoms with Crippen LogP contribution >= 0.6 is 0 Å². The van der Waals surface area contributed by atoms with E-state index in [2.05, 4.69) is 10.0 Å². The van der Waals surface area contributed by atoms with E-state index < -0.39 is 10.0 Å². The zero-order chi connectivity index (χ0) is 19.5. The number of amides is 1. The average molecular weight is 376 g/mol. The topological polar surface area (TPSA) is 84.5 Å². The summed E-state index contributed by atoms with van der Waals surface area (Å²) in [4.78, 5) is 11.1. The second-order valence-corrected chi connectivity index (χ2v) is 8.63. The first-order valence-corrected chi connectivity index (χ1v) is 9.60. The predicted molar refractivity (Wildman–Crippen MR) is 103 cm³/mol. The summed E-state index contributed by atoms with van der Waals surface area (Å²) >= 11 is 0. The van der Waals surface area contributed by atoms with Gasteiger partial charge in [-0.3, -0.25) is 9.52 Å². The van der Waals surface area contributed by atoms with Crippen LogP contribution in [0.5, 0.6) is 5.75 Å². The molecule has 2 aromatic rings. The lowest BCUT2D eigenvalue weighted by molar-refractivity contribution is -0.114. The van der Waals surface area contributed by atoms with Gasteiger partial charge < -0.3 is 10.1 Å². The Kier molecular flexibility index (Phi) is 5.61. The zero-order valence-electron chi connectivity index (χ0n) is 15.6. The lowest BCUT2D eigenvalue weighted by atomic mass is 9.87. The van der Waals surface area contributed by atoms with Gasteiger partial charge in [0.25, 0.3) is 10.0 Å². The molecule has 0 aromatic heterocycles. The number of methoxy groups -OCH3 is 1. The molecular formula is C19H24N2O4S. The van der Waals surface area contributed by atoms with Crippen LogP contribution in [-0.4, -0.2) is 21.4 Å². The van der Waals surface area contributed by atoms with Crippen molar-refractivity contribution >= 4 is 27.3 Å². The Morgan fingerprint density at radius 2 is 1.58 bits per heavy atom. The number of carbonyl (C=O) groups excluding carboxylic acids is 1. The van der Waals surface area contributed by atoms with Crippen LogP contribution in [-0.2, 0) is 20.2 Å². The number of anilines is 2. The molecule has 0 spiro atoms. The number of nitrogens with one attached hydrogen (secondary N) is 2. The van der Waals surface area contributed by atoms with E-state index in [9.17, 15) is 13.2 Å². The fourth-order valence-electron chi connectivity index (χ4n) is 2.39. The van der Waals surface area contributed by atoms with Gasteiger partial charge in [0.1, 0.15) is 10.6 Å². The van der Waals surface area contributed by atoms with Gasteiger partial charge in [-0.1, -0.05) is 26.8 Å². The zero-order valence-corrected chi connectivity index (χ0v) is 16.4. The Morgan fingerprint density at radius 1 is 1.00 bits per heavy atom. The molecule has 0 heterocycles. The minimum absolute atomic E-state index is 0.0818. The quantitative estimate of drug-likeness (QED) is 0.832. The number of carbonyl (C=O) groups is 1. The van der Waals surface area contributed by atoms with E-state index in [0.717, 1.165) is 5.56 Å². The summed E-state index contributed by atoms with van der Waals surface area (Å²) in [5.74, 6) is 0.0856. The molecule has 0 bridgehead atoms. The highest BCUT2D eigenvalue weighted by molar-refractivity contribution is 7.92. The molecule has 6 nitrogen and oxygen atoms in total. The van der Waals surface area contributed by atoms with Crippen LogP contribution in [0, 0.1) is 0 Å². The number of rotatable bonds is 5. The smallest absolute Gasteiger partial charge is 0.265 e. The Labute approximate surface area is 154 Å². The van der Waals surface area contributed by atoms with Gasteiger partial charge in [-0.2, -0.15) is 0 Å². The molecule has 26 heavy (non-hydrogen) atoms. The average Bonchev–Trinajstić information content (AvgIpc) is 2.54. The lowest BCUT2D eigenvalue weighted by Crippen LogP contribution is -2.17. The van der Waals surface area contributed by atoms with Crippen molar-refractivity contribution in [3.63, 3.8) is 0 Å². The van der Waals surface area contributed by atoms with Crippen molar-refractivity contribution in [1.82, 2.24) is 0 Å². The minimum Gasteiger partial charge on any atom is -0.495 e. The third-order valence-electron chi connectivity index (χ3n) is 3.78. The van der Waals surface area contributed by atoms with E-state index in [0.29, 0.717) is 11.4 Å². The van der Waals surface area contributed by atoms with E-state index in [1.807, 2.05) is 26.8 Å². The highest BCUT2D eigenvalue weighted by atomic mass is 32.2. The molecule has 0 aliphatic heterocycles. The Bertz CT molecular complexity index is 898. The van der Waals surface area contributed by atoms with Crippen LogP contribution in [0.1, 0.15) is 33.3 Å². The van der Waals surface area contributed by atoms with Crippen LogP contribution in [0.25, 0.3) is 0 Å². The largest absolute Gasteiger partial charge is 0.495 e. The molecule has 2 aromatic carbocycles. The Morgan fingerprint density at radius 3 is 2.08 bits per heavy atom. The van der Waals surface area contributed by atoms with Crippen molar-refractivity contribution in [2.75, 3.05) is 17.1 Å². The van der Waals surface area contributed by atoms with Crippen LogP contribution in [0.2, 0.25) is 0 Å². The summed E-state index contributed by atoms with van der Waals surface area (Å²) in [6.07, 6.45) is 0. The third-order valence-corrected chi connectivity index (χ3v) is 5.18. The maximum atomic E-state index is 12.9. The summed E-state index contributed by atoms with van der Waals surface area (Å²) < 4.78 is 33.5. The van der Waals surface area contributed by atoms with Gasteiger partial charge in [-0.25, -0.2) is 8.42 Å². The molecule has 140 valence electrons. The number of hydrogen-bond acceptors (Lipinski definition) is 4. The van der Waals surface area contributed by atoms with Crippen molar-refractivity contribution in [2.45, 2.75) is 38.0 Å². The highest BCUT2D eigenvalue weighted by Crippen LogP contribution is 2.32. The number of benzene rings is 2. The minimum atomic E-state index is -3.84. The molecule has 1 amide bonds. The van der Waals surface area contributed by atoms with Crippen molar-refractivity contribution in [2.24, 2.45) is 0 Å². The second-order valence-electron chi connectivity index (χ2n) is 6.98. The summed E-state index contributed by atoms with van der Waals surface area (Å²) in [5, 5.41) is 2.63. The molecule has 7 heteroatoms. The van der Waals surface area contributed by atoms with Gasteiger partial charge in [0, 0.05) is 18.3 Å². The summed E-state index contributed by atoms with van der Waals surface area (Å²) in [6, 6.07) is 11.6. The summed E-state index contributed by atoms with van der Waals surface area (Å²) in [5.41, 5.74) is 1.67. The van der Waals surface area contributed by atoms with Gasteiger partial charge in [-0.15, -0.1) is 0 Å². The van der Waals surface area contributed by atoms with E-state index in [1.165, 1.54) is 14.0 Å². The molecule has 2 rings (SSSR count). The standard InChI is InChI=1S/C19H24N2O4S/c1-13(22)20-15-7-9-16(10-8-15)21-26(23,24)18-12-14(19(2,3)4)6-11-17(18)25-5/h6-12,21H,1-5H3,(H,20,22). The number of sulfonamides is 1. The van der Waals surface area contributed by atoms with E-state index in [4.69, 9.17) is 4.74 Å². The van der Waals surface area contributed by atoms with E-state index in [-0.39, 0.29) is 22.0 Å². The van der Waals surface area contributed by atoms with Crippen LogP contribution in [0.15, 0.2) is 47.4 Å². The first-order valence-electron chi connectivity index (χ1n) is 8.12. The fraction of sp³-hybridized carbons (Fsp3) is 0.316. The van der Waals surface area contributed by atoms with E-state index in [1.54, 1.807) is 36.4 Å². The Balaban J connectivity index is 2.36. The predicted octanol–water partition coefficient (Wildman–Crippen LogP) is 3.75. The lowest BCUT2D eigenvalue weighted by Gasteiger charge is -2.21. The van der Waals surface area contributed by atoms with Crippen molar-refractivity contribution in [3.05, 3.63) is 48.0 Å². The normalized spacial score (nSPS) is 11.7. The van der Waals surface area contributed by atoms with Crippen LogP contribution in [0.3, 0.4) is 0 Å². The van der Waals surface area contributed by atoms with Crippen molar-refractivity contribution in [1.29, 1.82) is 0 Å². The first kappa shape index (κ1) is 19.8. The van der Waals surface area contributed by atoms with Crippen LogP contribution < -0.4 is 14.8 Å². The molecule has 0 aliphatic carbocycles. The SMILES string of the molecule is COc1ccc(C(C)(C)C)cc1S(=O)(=O)Nc1ccc(NC(C)=O)cc1. The fourth-order valence-corrected chi connectivity index (χ4v) is 3.64. The number of ether oxygens (including phenoxy) is 1. The monoisotopic (exact) mass is 376 g/mol. The van der Waals surface area contributed by atoms with Gasteiger partial charge in [0.05, 0.1) is 7.11 Å². The molecule has 0 fully saturated rings. The van der Waals surface area contributed by atoms with E-state index >= 15 is 0 Å². The molecule has 2 N–H and O–H groups in total. The first-order chi connectivity index (χ1) is 12.0. The number of hydrogen-bond donors (Lipinski definition) is 2. The van der Waals surface area contributed by atoms with Gasteiger partial charge in [0.15, 0.2) is 0 Å². The van der Waals surface area contributed by atoms with Gasteiger partial charge in [-0.05, 0) is 47.4 Å². The molecular weight excluding hydrogens is 352 g/mol. The maximum Gasteiger partial charge on any atom is 0.265 e. The molecule has 0 aliphatic rings. The second kappa shape index (κ2) is 7.37. The van der Waals surface area contributed by atoms with Crippen LogP contribution in [0.4, 0.5) is 11.4 Å². The van der Waals surface area contributed by atoms with Crippen molar-refractivity contribution in [3.8, 4) is 5.75 Å². The Hall–Kier alpha value is -2.54. The molecule has 0 atom stereocenters. The molecule has 0 radical (unpaired) electrons. The summed E-state index contributed by atoms with van der Waals surface area (Å²) in [6.45, 7) is 7.45. The molecule has 0 unspecified atom stereocenters. The van der Waals surface area contributed by atoms with Gasteiger partial charge in [0.2, 0.25) is 5.91 Å². The molecule has 0 saturated heterocycles. The highest BCUT2D eigenvalue weighted by Gasteiger charge is 2.23. The van der Waals surface area contributed by atoms with Crippen molar-refractivity contribution < 1.29 is 17.9 Å². The molecule has 0 saturated carbocycles. The third kappa shape index (κ3) is 4.76. The maximum absolute atomic E-state index is 12.9. The summed E-state index contributed by atoms with van der Waals surface area (Å²) in [7, 11) is -2.40.